The molecule has 0 saturated carbocycles. The van der Waals surface area contributed by atoms with Crippen molar-refractivity contribution in [3.05, 3.63) is 108 Å². The van der Waals surface area contributed by atoms with Gasteiger partial charge in [0.15, 0.2) is 0 Å². The fourth-order valence-corrected chi connectivity index (χ4v) is 3.41. The number of carbonyl (C=O) groups excluding carboxylic acids is 1. The summed E-state index contributed by atoms with van der Waals surface area (Å²) in [5, 5.41) is 4.02. The number of hydrogen-bond donors (Lipinski definition) is 2. The first-order valence-electron chi connectivity index (χ1n) is 8.87. The Kier molecular flexibility index (Phi) is 4.71. The normalized spacial score (nSPS) is 12.0. The molecule has 0 aliphatic carbocycles. The van der Waals surface area contributed by atoms with Crippen LogP contribution in [0.5, 0.6) is 0 Å². The lowest BCUT2D eigenvalue weighted by atomic mass is 9.91. The largest absolute Gasteiger partial charge is 0.361 e. The quantitative estimate of drug-likeness (QED) is 0.525. The number of fused-ring (bicyclic) bond motifs is 1. The lowest BCUT2D eigenvalue weighted by molar-refractivity contribution is 0.0948. The standard InChI is InChI=1S/C23H19FN2O/c24-21-12-6-4-11-18(21)23(27)26-14-19(16-8-2-1-3-9-16)20-15-25-22-13-7-5-10-17(20)22/h1-13,15,19,25H,14H2,(H,26,27). The minimum atomic E-state index is -0.515. The minimum Gasteiger partial charge on any atom is -0.361 e. The van der Waals surface area contributed by atoms with Gasteiger partial charge in [-0.1, -0.05) is 60.7 Å². The Morgan fingerprint density at radius 2 is 1.63 bits per heavy atom. The molecule has 1 aromatic heterocycles. The van der Waals surface area contributed by atoms with Crippen LogP contribution in [-0.2, 0) is 0 Å². The summed E-state index contributed by atoms with van der Waals surface area (Å²) in [6, 6.07) is 24.1. The molecule has 0 saturated heterocycles. The molecule has 1 amide bonds. The molecule has 1 unspecified atom stereocenters. The molecule has 3 nitrogen and oxygen atoms in total. The number of aromatic amines is 1. The van der Waals surface area contributed by atoms with Crippen LogP contribution in [0.1, 0.15) is 27.4 Å². The monoisotopic (exact) mass is 358 g/mol. The first kappa shape index (κ1) is 17.0. The van der Waals surface area contributed by atoms with Gasteiger partial charge in [0.05, 0.1) is 5.56 Å². The fourth-order valence-electron chi connectivity index (χ4n) is 3.41. The van der Waals surface area contributed by atoms with Crippen LogP contribution < -0.4 is 5.32 Å². The zero-order chi connectivity index (χ0) is 18.6. The smallest absolute Gasteiger partial charge is 0.254 e. The minimum absolute atomic E-state index is 0.0435. The Labute approximate surface area is 156 Å². The lowest BCUT2D eigenvalue weighted by Crippen LogP contribution is -2.29. The van der Waals surface area contributed by atoms with Crippen molar-refractivity contribution >= 4 is 16.8 Å². The van der Waals surface area contributed by atoms with Crippen molar-refractivity contribution in [2.24, 2.45) is 0 Å². The number of para-hydroxylation sites is 1. The summed E-state index contributed by atoms with van der Waals surface area (Å²) in [6.07, 6.45) is 1.98. The molecule has 3 aromatic carbocycles. The second-order valence-electron chi connectivity index (χ2n) is 6.44. The molecule has 4 aromatic rings. The van der Waals surface area contributed by atoms with Crippen molar-refractivity contribution in [2.75, 3.05) is 6.54 Å². The maximum Gasteiger partial charge on any atom is 0.254 e. The van der Waals surface area contributed by atoms with Crippen LogP contribution in [0.4, 0.5) is 4.39 Å². The van der Waals surface area contributed by atoms with Crippen LogP contribution in [0.3, 0.4) is 0 Å². The van der Waals surface area contributed by atoms with E-state index < -0.39 is 11.7 Å². The Morgan fingerprint density at radius 3 is 2.44 bits per heavy atom. The second-order valence-corrected chi connectivity index (χ2v) is 6.44. The van der Waals surface area contributed by atoms with Gasteiger partial charge >= 0.3 is 0 Å². The van der Waals surface area contributed by atoms with Crippen molar-refractivity contribution in [1.82, 2.24) is 10.3 Å². The molecular formula is C23H19FN2O. The average Bonchev–Trinajstić information content (AvgIpc) is 3.13. The molecule has 2 N–H and O–H groups in total. The number of H-pyrrole nitrogens is 1. The number of hydrogen-bond acceptors (Lipinski definition) is 1. The Balaban J connectivity index is 1.65. The van der Waals surface area contributed by atoms with E-state index in [2.05, 4.69) is 16.4 Å². The van der Waals surface area contributed by atoms with E-state index in [4.69, 9.17) is 0 Å². The Morgan fingerprint density at radius 1 is 0.926 bits per heavy atom. The average molecular weight is 358 g/mol. The lowest BCUT2D eigenvalue weighted by Gasteiger charge is -2.18. The molecule has 0 aliphatic heterocycles. The van der Waals surface area contributed by atoms with Crippen LogP contribution in [0, 0.1) is 5.82 Å². The third-order valence-electron chi connectivity index (χ3n) is 4.78. The fraction of sp³-hybridized carbons (Fsp3) is 0.0870. The molecule has 0 aliphatic rings. The molecule has 27 heavy (non-hydrogen) atoms. The summed E-state index contributed by atoms with van der Waals surface area (Å²) < 4.78 is 13.9. The molecule has 1 heterocycles. The number of amides is 1. The van der Waals surface area contributed by atoms with E-state index in [0.717, 1.165) is 22.0 Å². The summed E-state index contributed by atoms with van der Waals surface area (Å²) in [6.45, 7) is 0.374. The number of carbonyl (C=O) groups is 1. The number of halogens is 1. The zero-order valence-electron chi connectivity index (χ0n) is 14.7. The highest BCUT2D eigenvalue weighted by atomic mass is 19.1. The molecule has 4 heteroatoms. The first-order chi connectivity index (χ1) is 13.2. The summed E-state index contributed by atoms with van der Waals surface area (Å²) >= 11 is 0. The predicted octanol–water partition coefficient (Wildman–Crippen LogP) is 4.87. The van der Waals surface area contributed by atoms with Crippen LogP contribution in [0.25, 0.3) is 10.9 Å². The maximum absolute atomic E-state index is 13.9. The number of aromatic nitrogens is 1. The van der Waals surface area contributed by atoms with E-state index in [1.165, 1.54) is 12.1 Å². The van der Waals surface area contributed by atoms with Gasteiger partial charge in [-0.3, -0.25) is 4.79 Å². The van der Waals surface area contributed by atoms with E-state index in [1.807, 2.05) is 54.7 Å². The summed E-state index contributed by atoms with van der Waals surface area (Å²) in [5.41, 5.74) is 3.30. The van der Waals surface area contributed by atoms with Crippen LogP contribution in [0.2, 0.25) is 0 Å². The first-order valence-corrected chi connectivity index (χ1v) is 8.87. The van der Waals surface area contributed by atoms with Gasteiger partial charge in [-0.15, -0.1) is 0 Å². The summed E-state index contributed by atoms with van der Waals surface area (Å²) in [7, 11) is 0. The highest BCUT2D eigenvalue weighted by Gasteiger charge is 2.20. The Bertz CT molecular complexity index is 1070. The zero-order valence-corrected chi connectivity index (χ0v) is 14.7. The molecule has 0 spiro atoms. The van der Waals surface area contributed by atoms with Crippen LogP contribution >= 0.6 is 0 Å². The van der Waals surface area contributed by atoms with Gasteiger partial charge < -0.3 is 10.3 Å². The van der Waals surface area contributed by atoms with E-state index in [1.54, 1.807) is 12.1 Å². The van der Waals surface area contributed by atoms with Crippen molar-refractivity contribution in [3.8, 4) is 0 Å². The van der Waals surface area contributed by atoms with Gasteiger partial charge in [0.2, 0.25) is 0 Å². The summed E-state index contributed by atoms with van der Waals surface area (Å²) in [5.74, 6) is -0.967. The van der Waals surface area contributed by atoms with Gasteiger partial charge in [0, 0.05) is 29.6 Å². The van der Waals surface area contributed by atoms with Crippen LogP contribution in [-0.4, -0.2) is 17.4 Å². The third kappa shape index (κ3) is 3.47. The van der Waals surface area contributed by atoms with Crippen LogP contribution in [0.15, 0.2) is 85.1 Å². The molecule has 4 rings (SSSR count). The highest BCUT2D eigenvalue weighted by molar-refractivity contribution is 5.94. The van der Waals surface area contributed by atoms with E-state index in [9.17, 15) is 9.18 Å². The highest BCUT2D eigenvalue weighted by Crippen LogP contribution is 2.30. The number of nitrogens with one attached hydrogen (secondary N) is 2. The molecular weight excluding hydrogens is 339 g/mol. The van der Waals surface area contributed by atoms with E-state index >= 15 is 0 Å². The van der Waals surface area contributed by atoms with Gasteiger partial charge in [-0.2, -0.15) is 0 Å². The van der Waals surface area contributed by atoms with Gasteiger partial charge in [-0.05, 0) is 29.3 Å². The predicted molar refractivity (Wildman–Crippen MR) is 105 cm³/mol. The van der Waals surface area contributed by atoms with Gasteiger partial charge in [0.1, 0.15) is 5.82 Å². The molecule has 0 bridgehead atoms. The van der Waals surface area contributed by atoms with Crippen molar-refractivity contribution < 1.29 is 9.18 Å². The molecule has 134 valence electrons. The van der Waals surface area contributed by atoms with E-state index in [-0.39, 0.29) is 11.5 Å². The van der Waals surface area contributed by atoms with Gasteiger partial charge in [0.25, 0.3) is 5.91 Å². The van der Waals surface area contributed by atoms with Crippen molar-refractivity contribution in [3.63, 3.8) is 0 Å². The molecule has 1 atom stereocenters. The van der Waals surface area contributed by atoms with Crippen molar-refractivity contribution in [2.45, 2.75) is 5.92 Å². The maximum atomic E-state index is 13.9. The van der Waals surface area contributed by atoms with Crippen molar-refractivity contribution in [1.29, 1.82) is 0 Å². The Hall–Kier alpha value is -3.40. The summed E-state index contributed by atoms with van der Waals surface area (Å²) in [4.78, 5) is 15.8. The topological polar surface area (TPSA) is 44.9 Å². The number of benzene rings is 3. The SMILES string of the molecule is O=C(NCC(c1ccccc1)c1c[nH]c2ccccc12)c1ccccc1F. The number of rotatable bonds is 5. The molecule has 0 radical (unpaired) electrons. The van der Waals surface area contributed by atoms with E-state index in [0.29, 0.717) is 6.54 Å². The molecule has 0 fully saturated rings. The third-order valence-corrected chi connectivity index (χ3v) is 4.78. The van der Waals surface area contributed by atoms with Gasteiger partial charge in [-0.25, -0.2) is 4.39 Å². The second kappa shape index (κ2) is 7.46.